The van der Waals surface area contributed by atoms with Gasteiger partial charge < -0.3 is 10.1 Å². The zero-order valence-electron chi connectivity index (χ0n) is 22.6. The van der Waals surface area contributed by atoms with E-state index in [0.29, 0.717) is 16.6 Å². The maximum atomic E-state index is 13.8. The van der Waals surface area contributed by atoms with Crippen molar-refractivity contribution in [1.29, 1.82) is 0 Å². The molecule has 1 N–H and O–H groups in total. The van der Waals surface area contributed by atoms with E-state index in [4.69, 9.17) is 21.4 Å². The van der Waals surface area contributed by atoms with Gasteiger partial charge in [-0.1, -0.05) is 35.9 Å². The number of benzene rings is 2. The van der Waals surface area contributed by atoms with Gasteiger partial charge in [0, 0.05) is 27.2 Å². The van der Waals surface area contributed by atoms with Crippen LogP contribution in [0.5, 0.6) is 5.75 Å². The van der Waals surface area contributed by atoms with Gasteiger partial charge in [0.15, 0.2) is 0 Å². The summed E-state index contributed by atoms with van der Waals surface area (Å²) in [6, 6.07) is 24.6. The molecule has 0 saturated carbocycles. The third kappa shape index (κ3) is 5.78. The van der Waals surface area contributed by atoms with Crippen molar-refractivity contribution in [3.05, 3.63) is 112 Å². The number of rotatable bonds is 8. The molecule has 2 aromatic carbocycles. The summed E-state index contributed by atoms with van der Waals surface area (Å²) in [5, 5.41) is 10.5. The average Bonchev–Trinajstić information content (AvgIpc) is 3.67. The summed E-state index contributed by atoms with van der Waals surface area (Å²) in [5.74, 6) is 0.990. The van der Waals surface area contributed by atoms with Gasteiger partial charge in [0.05, 0.1) is 41.7 Å². The molecular formula is C31H26ClN5O3S2. The van der Waals surface area contributed by atoms with Crippen molar-refractivity contribution in [3.63, 3.8) is 0 Å². The third-order valence-corrected chi connectivity index (χ3v) is 9.39. The van der Waals surface area contributed by atoms with Crippen LogP contribution in [0.3, 0.4) is 0 Å². The van der Waals surface area contributed by atoms with E-state index in [1.165, 1.54) is 11.8 Å². The number of hydrogen-bond acceptors (Lipinski definition) is 7. The van der Waals surface area contributed by atoms with Crippen molar-refractivity contribution in [1.82, 2.24) is 20.1 Å². The summed E-state index contributed by atoms with van der Waals surface area (Å²) in [7, 11) is 1.61. The Hall–Kier alpha value is -4.12. The molecule has 1 aliphatic heterocycles. The molecule has 6 rings (SSSR count). The predicted molar refractivity (Wildman–Crippen MR) is 168 cm³/mol. The molecule has 1 aliphatic rings. The lowest BCUT2D eigenvalue weighted by atomic mass is 10.0. The van der Waals surface area contributed by atoms with Crippen molar-refractivity contribution in [2.75, 3.05) is 24.3 Å². The van der Waals surface area contributed by atoms with Crippen molar-refractivity contribution < 1.29 is 14.3 Å². The Morgan fingerprint density at radius 1 is 1.07 bits per heavy atom. The zero-order valence-corrected chi connectivity index (χ0v) is 25.0. The molecule has 0 radical (unpaired) electrons. The Morgan fingerprint density at radius 2 is 1.88 bits per heavy atom. The fraction of sp³-hybridized carbons (Fsp3) is 0.161. The lowest BCUT2D eigenvalue weighted by molar-refractivity contribution is -0.123. The highest BCUT2D eigenvalue weighted by molar-refractivity contribution is 8.00. The van der Waals surface area contributed by atoms with Crippen LogP contribution in [0.15, 0.2) is 90.4 Å². The average molecular weight is 616 g/mol. The number of fused-ring (bicyclic) bond motifs is 1. The van der Waals surface area contributed by atoms with Gasteiger partial charge in [-0.3, -0.25) is 19.5 Å². The topological polar surface area (TPSA) is 89.3 Å². The van der Waals surface area contributed by atoms with Gasteiger partial charge in [0.1, 0.15) is 18.1 Å². The van der Waals surface area contributed by atoms with Crippen molar-refractivity contribution >= 4 is 52.3 Å². The minimum atomic E-state index is -0.296. The molecule has 8 nitrogen and oxygen atoms in total. The van der Waals surface area contributed by atoms with E-state index in [1.54, 1.807) is 34.2 Å². The minimum absolute atomic E-state index is 0.168. The first-order chi connectivity index (χ1) is 20.5. The second-order valence-electron chi connectivity index (χ2n) is 9.49. The molecule has 0 fully saturated rings. The standard InChI is InChI=1S/C31H26ClN5O3S2/c1-40-24-13-11-23(12-14-24)37-31-28(29(35-37)20-7-9-21(32)10-8-20)30(25-6-4-16-41-25)42-19-27(39)36(31)18-26(38)34-17-22-5-2-3-15-33-22/h2-16,30H,17-19H2,1H3,(H,34,38). The number of carbonyl (C=O) groups excluding carboxylic acids is 2. The number of methoxy groups -OCH3 is 1. The van der Waals surface area contributed by atoms with Crippen LogP contribution in [-0.2, 0) is 16.1 Å². The van der Waals surface area contributed by atoms with Crippen LogP contribution in [-0.4, -0.2) is 46.0 Å². The van der Waals surface area contributed by atoms with Crippen molar-refractivity contribution in [2.24, 2.45) is 0 Å². The first-order valence-corrected chi connectivity index (χ1v) is 15.5. The molecule has 2 amide bonds. The lowest BCUT2D eigenvalue weighted by Gasteiger charge is -2.23. The van der Waals surface area contributed by atoms with E-state index >= 15 is 0 Å². The number of anilines is 1. The van der Waals surface area contributed by atoms with Gasteiger partial charge in [0.2, 0.25) is 11.8 Å². The molecule has 4 heterocycles. The highest BCUT2D eigenvalue weighted by Crippen LogP contribution is 2.49. The minimum Gasteiger partial charge on any atom is -0.497 e. The molecular weight excluding hydrogens is 590 g/mol. The highest BCUT2D eigenvalue weighted by Gasteiger charge is 2.38. The summed E-state index contributed by atoms with van der Waals surface area (Å²) < 4.78 is 7.14. The van der Waals surface area contributed by atoms with E-state index in [0.717, 1.165) is 33.1 Å². The number of nitrogens with one attached hydrogen (secondary N) is 1. The molecule has 0 bridgehead atoms. The number of nitrogens with zero attached hydrogens (tertiary/aromatic N) is 4. The van der Waals surface area contributed by atoms with Gasteiger partial charge in [-0.05, 0) is 60.0 Å². The lowest BCUT2D eigenvalue weighted by Crippen LogP contribution is -2.42. The number of thiophene rings is 1. The molecule has 0 saturated heterocycles. The molecule has 0 aliphatic carbocycles. The molecule has 0 spiro atoms. The number of aromatic nitrogens is 3. The molecule has 42 heavy (non-hydrogen) atoms. The number of carbonyl (C=O) groups is 2. The Morgan fingerprint density at radius 3 is 2.57 bits per heavy atom. The van der Waals surface area contributed by atoms with Gasteiger partial charge in [-0.25, -0.2) is 4.68 Å². The Balaban J connectivity index is 1.50. The number of halogens is 1. The normalized spacial score (nSPS) is 14.8. The van der Waals surface area contributed by atoms with Crippen LogP contribution in [0, 0.1) is 0 Å². The van der Waals surface area contributed by atoms with Crippen LogP contribution in [0.4, 0.5) is 5.82 Å². The number of thioether (sulfide) groups is 1. The zero-order chi connectivity index (χ0) is 29.1. The van der Waals surface area contributed by atoms with Crippen LogP contribution in [0.25, 0.3) is 16.9 Å². The van der Waals surface area contributed by atoms with E-state index in [-0.39, 0.29) is 35.9 Å². The van der Waals surface area contributed by atoms with Crippen LogP contribution in [0.2, 0.25) is 5.02 Å². The number of amides is 2. The Kier molecular flexibility index (Phi) is 8.27. The second-order valence-corrected chi connectivity index (χ2v) is 12.0. The number of pyridine rings is 1. The second kappa shape index (κ2) is 12.4. The largest absolute Gasteiger partial charge is 0.497 e. The molecule has 1 unspecified atom stereocenters. The van der Waals surface area contributed by atoms with Crippen molar-refractivity contribution in [2.45, 2.75) is 11.8 Å². The predicted octanol–water partition coefficient (Wildman–Crippen LogP) is 6.14. The quantitative estimate of drug-likeness (QED) is 0.225. The maximum absolute atomic E-state index is 13.8. The molecule has 1 atom stereocenters. The molecule has 212 valence electrons. The fourth-order valence-electron chi connectivity index (χ4n) is 4.80. The summed E-state index contributed by atoms with van der Waals surface area (Å²) >= 11 is 9.41. The van der Waals surface area contributed by atoms with Crippen LogP contribution < -0.4 is 15.0 Å². The first kappa shape index (κ1) is 28.0. The summed E-state index contributed by atoms with van der Waals surface area (Å²) in [6.45, 7) is 0.0905. The van der Waals surface area contributed by atoms with E-state index in [1.807, 2.05) is 78.2 Å². The monoisotopic (exact) mass is 615 g/mol. The van der Waals surface area contributed by atoms with Gasteiger partial charge in [-0.15, -0.1) is 23.1 Å². The smallest absolute Gasteiger partial charge is 0.240 e. The highest BCUT2D eigenvalue weighted by atomic mass is 35.5. The maximum Gasteiger partial charge on any atom is 0.240 e. The van der Waals surface area contributed by atoms with Gasteiger partial charge in [-0.2, -0.15) is 5.10 Å². The fourth-order valence-corrected chi connectivity index (χ4v) is 7.10. The van der Waals surface area contributed by atoms with Crippen molar-refractivity contribution in [3.8, 4) is 22.7 Å². The van der Waals surface area contributed by atoms with Gasteiger partial charge >= 0.3 is 0 Å². The third-order valence-electron chi connectivity index (χ3n) is 6.82. The summed E-state index contributed by atoms with van der Waals surface area (Å²) in [5.41, 5.74) is 3.91. The summed E-state index contributed by atoms with van der Waals surface area (Å²) in [4.78, 5) is 34.1. The summed E-state index contributed by atoms with van der Waals surface area (Å²) in [6.07, 6.45) is 1.68. The van der Waals surface area contributed by atoms with Crippen LogP contribution in [0.1, 0.15) is 21.4 Å². The molecule has 5 aromatic rings. The Bertz CT molecular complexity index is 1690. The first-order valence-electron chi connectivity index (χ1n) is 13.2. The SMILES string of the molecule is COc1ccc(-n2nc(-c3ccc(Cl)cc3)c3c2N(CC(=O)NCc2ccccn2)C(=O)CSC3c2cccs2)cc1. The van der Waals surface area contributed by atoms with E-state index < -0.39 is 0 Å². The van der Waals surface area contributed by atoms with Gasteiger partial charge in [0.25, 0.3) is 0 Å². The number of hydrogen-bond donors (Lipinski definition) is 1. The molecule has 3 aromatic heterocycles. The molecule has 11 heteroatoms. The van der Waals surface area contributed by atoms with E-state index in [2.05, 4.69) is 16.4 Å². The van der Waals surface area contributed by atoms with Crippen LogP contribution >= 0.6 is 34.7 Å². The van der Waals surface area contributed by atoms with E-state index in [9.17, 15) is 9.59 Å². The number of ether oxygens (including phenoxy) is 1. The Labute approximate surface area is 256 Å².